The Morgan fingerprint density at radius 3 is 1.17 bits per heavy atom. The van der Waals surface area contributed by atoms with Crippen LogP contribution in [0.1, 0.15) is 0 Å². The molecule has 1 aromatic carbocycles. The van der Waals surface area contributed by atoms with E-state index in [9.17, 15) is 43.2 Å². The lowest BCUT2D eigenvalue weighted by molar-refractivity contribution is -0.0506. The van der Waals surface area contributed by atoms with E-state index in [1.165, 1.54) is 0 Å². The molecule has 0 aliphatic carbocycles. The lowest BCUT2D eigenvalue weighted by Gasteiger charge is -2.14. The highest BCUT2D eigenvalue weighted by Crippen LogP contribution is 2.40. The summed E-state index contributed by atoms with van der Waals surface area (Å²) in [6.07, 6.45) is 0. The lowest BCUT2D eigenvalue weighted by Crippen LogP contribution is -2.28. The van der Waals surface area contributed by atoms with E-state index in [4.69, 9.17) is 0 Å². The maximum Gasteiger partial charge on any atom is 0.534 e. The molecule has 0 fully saturated rings. The van der Waals surface area contributed by atoms with Crippen LogP contribution in [0, 0.1) is 0 Å². The molecule has 0 saturated heterocycles. The van der Waals surface area contributed by atoms with Crippen molar-refractivity contribution < 1.29 is 51.5 Å². The van der Waals surface area contributed by atoms with E-state index < -0.39 is 51.7 Å². The normalized spacial score (nSPS) is 13.7. The number of benzene rings is 1. The molecule has 24 heavy (non-hydrogen) atoms. The standard InChI is InChI=1S/C8H2Br2F6O6S2/c9-3-1-5(21-23(17,18)7(11,12)13)4(10)2-6(3)22-24(19,20)8(14,15)16/h1-2H. The first kappa shape index (κ1) is 21.3. The molecule has 0 N–H and O–H groups in total. The minimum atomic E-state index is -6.05. The first-order valence-electron chi connectivity index (χ1n) is 4.98. The van der Waals surface area contributed by atoms with Gasteiger partial charge < -0.3 is 8.37 Å². The maximum absolute atomic E-state index is 12.2. The molecule has 1 aromatic rings. The zero-order valence-electron chi connectivity index (χ0n) is 10.4. The summed E-state index contributed by atoms with van der Waals surface area (Å²) in [5, 5.41) is 0. The minimum absolute atomic E-state index is 0.467. The minimum Gasteiger partial charge on any atom is -0.375 e. The summed E-state index contributed by atoms with van der Waals surface area (Å²) >= 11 is 5.05. The van der Waals surface area contributed by atoms with Gasteiger partial charge in [0.2, 0.25) is 0 Å². The summed E-state index contributed by atoms with van der Waals surface area (Å²) in [5.41, 5.74) is -11.5. The monoisotopic (exact) mass is 530 g/mol. The fraction of sp³-hybridized carbons (Fsp3) is 0.250. The largest absolute Gasteiger partial charge is 0.534 e. The van der Waals surface area contributed by atoms with E-state index in [0.29, 0.717) is 12.1 Å². The molecule has 0 atom stereocenters. The van der Waals surface area contributed by atoms with Gasteiger partial charge in [-0.2, -0.15) is 43.2 Å². The predicted octanol–water partition coefficient (Wildman–Crippen LogP) is 3.67. The van der Waals surface area contributed by atoms with Crippen molar-refractivity contribution in [2.75, 3.05) is 0 Å². The molecule has 6 nitrogen and oxygen atoms in total. The van der Waals surface area contributed by atoms with Gasteiger partial charge in [-0.05, 0) is 31.9 Å². The molecule has 0 amide bonds. The molecule has 0 aliphatic heterocycles. The van der Waals surface area contributed by atoms with Gasteiger partial charge in [0, 0.05) is 12.1 Å². The van der Waals surface area contributed by atoms with Gasteiger partial charge in [-0.25, -0.2) is 0 Å². The number of alkyl halides is 6. The molecule has 0 unspecified atom stereocenters. The van der Waals surface area contributed by atoms with Gasteiger partial charge in [0.1, 0.15) is 0 Å². The van der Waals surface area contributed by atoms with Crippen molar-refractivity contribution in [1.82, 2.24) is 0 Å². The fourth-order valence-corrected chi connectivity index (χ4v) is 2.93. The average Bonchev–Trinajstić information content (AvgIpc) is 2.31. The molecule has 138 valence electrons. The second kappa shape index (κ2) is 6.53. The zero-order valence-corrected chi connectivity index (χ0v) is 15.2. The van der Waals surface area contributed by atoms with Crippen LogP contribution in [-0.4, -0.2) is 27.9 Å². The topological polar surface area (TPSA) is 86.7 Å². The van der Waals surface area contributed by atoms with Crippen molar-refractivity contribution in [2.24, 2.45) is 0 Å². The molecule has 0 aliphatic rings. The third-order valence-corrected chi connectivity index (χ3v) is 5.12. The Kier molecular flexibility index (Phi) is 5.79. The molecule has 0 aromatic heterocycles. The molecule has 0 radical (unpaired) electrons. The van der Waals surface area contributed by atoms with Gasteiger partial charge in [-0.15, -0.1) is 0 Å². The molecular formula is C8H2Br2F6O6S2. The Labute approximate surface area is 147 Å². The van der Waals surface area contributed by atoms with E-state index in [0.717, 1.165) is 0 Å². The lowest BCUT2D eigenvalue weighted by atomic mass is 10.3. The van der Waals surface area contributed by atoms with Gasteiger partial charge in [-0.1, -0.05) is 0 Å². The van der Waals surface area contributed by atoms with Gasteiger partial charge in [-0.3, -0.25) is 0 Å². The molecule has 0 saturated carbocycles. The van der Waals surface area contributed by atoms with Gasteiger partial charge in [0.05, 0.1) is 8.95 Å². The molecule has 16 heteroatoms. The van der Waals surface area contributed by atoms with Crippen molar-refractivity contribution in [3.05, 3.63) is 21.1 Å². The first-order chi connectivity index (χ1) is 10.5. The summed E-state index contributed by atoms with van der Waals surface area (Å²) < 4.78 is 123. The Hall–Kier alpha value is -0.740. The van der Waals surface area contributed by atoms with E-state index in [-0.39, 0.29) is 0 Å². The molecule has 0 spiro atoms. The van der Waals surface area contributed by atoms with Crippen molar-refractivity contribution >= 4 is 52.1 Å². The molecule has 0 heterocycles. The Morgan fingerprint density at radius 1 is 0.708 bits per heavy atom. The van der Waals surface area contributed by atoms with Crippen LogP contribution in [-0.2, 0) is 20.2 Å². The third kappa shape index (κ3) is 4.66. The fourth-order valence-electron chi connectivity index (χ4n) is 0.969. The smallest absolute Gasteiger partial charge is 0.375 e. The summed E-state index contributed by atoms with van der Waals surface area (Å²) in [4.78, 5) is 0. The SMILES string of the molecule is O=S(=O)(Oc1cc(Br)c(OS(=O)(=O)C(F)(F)F)cc1Br)C(F)(F)F. The van der Waals surface area contributed by atoms with Crippen molar-refractivity contribution in [3.8, 4) is 11.5 Å². The van der Waals surface area contributed by atoms with Gasteiger partial charge in [0.15, 0.2) is 11.5 Å². The zero-order chi connectivity index (χ0) is 19.1. The van der Waals surface area contributed by atoms with Crippen LogP contribution in [0.2, 0.25) is 0 Å². The highest BCUT2D eigenvalue weighted by Gasteiger charge is 2.50. The highest BCUT2D eigenvalue weighted by molar-refractivity contribution is 9.11. The van der Waals surface area contributed by atoms with E-state index >= 15 is 0 Å². The summed E-state index contributed by atoms with van der Waals surface area (Å²) in [5.74, 6) is -1.95. The second-order valence-corrected chi connectivity index (χ2v) is 8.46. The maximum atomic E-state index is 12.2. The number of rotatable bonds is 4. The number of halogens is 8. The van der Waals surface area contributed by atoms with Gasteiger partial charge >= 0.3 is 31.3 Å². The van der Waals surface area contributed by atoms with Crippen LogP contribution in [0.15, 0.2) is 21.1 Å². The van der Waals surface area contributed by atoms with Crippen LogP contribution in [0.5, 0.6) is 11.5 Å². The third-order valence-electron chi connectivity index (χ3n) is 1.95. The summed E-state index contributed by atoms with van der Waals surface area (Å²) in [6.45, 7) is 0. The molecule has 0 bridgehead atoms. The summed E-state index contributed by atoms with van der Waals surface area (Å²) in [7, 11) is -12.1. The van der Waals surface area contributed by atoms with Crippen molar-refractivity contribution in [3.63, 3.8) is 0 Å². The average molecular weight is 532 g/mol. The van der Waals surface area contributed by atoms with E-state index in [1.807, 2.05) is 0 Å². The Morgan fingerprint density at radius 2 is 0.958 bits per heavy atom. The predicted molar refractivity (Wildman–Crippen MR) is 73.0 cm³/mol. The van der Waals surface area contributed by atoms with Crippen LogP contribution in [0.3, 0.4) is 0 Å². The van der Waals surface area contributed by atoms with Crippen molar-refractivity contribution in [2.45, 2.75) is 11.0 Å². The van der Waals surface area contributed by atoms with Crippen LogP contribution in [0.4, 0.5) is 26.3 Å². The Bertz CT molecular complexity index is 773. The quantitative estimate of drug-likeness (QED) is 0.335. The summed E-state index contributed by atoms with van der Waals surface area (Å²) in [6, 6.07) is 0.934. The highest BCUT2D eigenvalue weighted by atomic mass is 79.9. The van der Waals surface area contributed by atoms with Crippen molar-refractivity contribution in [1.29, 1.82) is 0 Å². The Balaban J connectivity index is 3.26. The van der Waals surface area contributed by atoms with Crippen LogP contribution in [0.25, 0.3) is 0 Å². The number of hydrogen-bond donors (Lipinski definition) is 0. The van der Waals surface area contributed by atoms with E-state index in [2.05, 4.69) is 40.2 Å². The molecular weight excluding hydrogens is 530 g/mol. The van der Waals surface area contributed by atoms with Gasteiger partial charge in [0.25, 0.3) is 0 Å². The second-order valence-electron chi connectivity index (χ2n) is 3.68. The van der Waals surface area contributed by atoms with Crippen LogP contribution < -0.4 is 8.37 Å². The molecule has 1 rings (SSSR count). The first-order valence-corrected chi connectivity index (χ1v) is 9.39. The van der Waals surface area contributed by atoms with Crippen LogP contribution >= 0.6 is 31.9 Å². The van der Waals surface area contributed by atoms with E-state index in [1.54, 1.807) is 0 Å². The number of hydrogen-bond acceptors (Lipinski definition) is 6.